The summed E-state index contributed by atoms with van der Waals surface area (Å²) in [6, 6.07) is 0. The third-order valence-electron chi connectivity index (χ3n) is 3.42. The summed E-state index contributed by atoms with van der Waals surface area (Å²) in [6.45, 7) is 3.30. The Balaban J connectivity index is 2.86. The maximum atomic E-state index is 11.2. The van der Waals surface area contributed by atoms with Gasteiger partial charge in [-0.3, -0.25) is 4.79 Å². The Kier molecular flexibility index (Phi) is 8.26. The van der Waals surface area contributed by atoms with Crippen LogP contribution in [0.15, 0.2) is 24.3 Å². The van der Waals surface area contributed by atoms with Gasteiger partial charge in [-0.1, -0.05) is 31.1 Å². The second kappa shape index (κ2) is 9.68. The molecule has 0 aromatic carbocycles. The second-order valence-electron chi connectivity index (χ2n) is 5.20. The molecule has 0 saturated heterocycles. The van der Waals surface area contributed by atoms with Gasteiger partial charge in [-0.05, 0) is 18.9 Å². The quantitative estimate of drug-likeness (QED) is 0.365. The maximum absolute atomic E-state index is 11.2. The number of halogens is 1. The van der Waals surface area contributed by atoms with Gasteiger partial charge in [0.2, 0.25) is 0 Å². The number of ether oxygens (including phenoxy) is 2. The van der Waals surface area contributed by atoms with Gasteiger partial charge in [0.1, 0.15) is 12.2 Å². The van der Waals surface area contributed by atoms with E-state index in [1.807, 2.05) is 6.92 Å². The van der Waals surface area contributed by atoms with E-state index >= 15 is 0 Å². The number of esters is 1. The zero-order chi connectivity index (χ0) is 16.5. The molecule has 0 aromatic rings. The maximum Gasteiger partial charge on any atom is 0.303 e. The first-order chi connectivity index (χ1) is 10.5. The van der Waals surface area contributed by atoms with E-state index in [1.54, 1.807) is 24.3 Å². The van der Waals surface area contributed by atoms with Crippen LogP contribution in [0.3, 0.4) is 0 Å². The largest absolute Gasteiger partial charge is 0.459 e. The summed E-state index contributed by atoms with van der Waals surface area (Å²) in [5.74, 6) is 1.97. The third kappa shape index (κ3) is 6.23. The van der Waals surface area contributed by atoms with Crippen molar-refractivity contribution in [3.05, 3.63) is 24.3 Å². The molecule has 1 aliphatic rings. The average molecular weight is 327 g/mol. The fourth-order valence-corrected chi connectivity index (χ4v) is 2.53. The molecule has 5 atom stereocenters. The predicted octanol–water partition coefficient (Wildman–Crippen LogP) is 2.59. The van der Waals surface area contributed by atoms with E-state index in [9.17, 15) is 9.90 Å². The van der Waals surface area contributed by atoms with Crippen LogP contribution < -0.4 is 0 Å². The zero-order valence-electron chi connectivity index (χ0n) is 12.9. The molecule has 0 bridgehead atoms. The molecular weight excluding hydrogens is 304 g/mol. The molecule has 5 unspecified atom stereocenters. The minimum atomic E-state index is -0.866. The average Bonchev–Trinajstić information content (AvgIpc) is 2.46. The molecule has 0 spiro atoms. The van der Waals surface area contributed by atoms with Gasteiger partial charge >= 0.3 is 5.97 Å². The monoisotopic (exact) mass is 326 g/mol. The van der Waals surface area contributed by atoms with Gasteiger partial charge in [0.05, 0.1) is 17.6 Å². The molecule has 4 nitrogen and oxygen atoms in total. The van der Waals surface area contributed by atoms with Crippen LogP contribution in [-0.4, -0.2) is 40.9 Å². The fourth-order valence-electron chi connectivity index (χ4n) is 2.27. The van der Waals surface area contributed by atoms with Crippen LogP contribution in [0, 0.1) is 12.3 Å². The number of allylic oxidation sites excluding steroid dienone is 2. The Hall–Kier alpha value is -1.28. The number of terminal acetylenes is 1. The minimum Gasteiger partial charge on any atom is -0.459 e. The summed E-state index contributed by atoms with van der Waals surface area (Å²) in [6.07, 6.45) is 11.6. The molecule has 1 heterocycles. The molecule has 5 heteroatoms. The lowest BCUT2D eigenvalue weighted by Crippen LogP contribution is -2.40. The normalized spacial score (nSPS) is 30.3. The molecule has 0 radical (unpaired) electrons. The molecule has 1 rings (SSSR count). The molecule has 1 aliphatic heterocycles. The topological polar surface area (TPSA) is 55.8 Å². The van der Waals surface area contributed by atoms with Gasteiger partial charge < -0.3 is 14.6 Å². The lowest BCUT2D eigenvalue weighted by molar-refractivity contribution is -0.154. The van der Waals surface area contributed by atoms with Crippen molar-refractivity contribution in [3.63, 3.8) is 0 Å². The minimum absolute atomic E-state index is 0.129. The Labute approximate surface area is 137 Å². The highest BCUT2D eigenvalue weighted by Crippen LogP contribution is 2.25. The van der Waals surface area contributed by atoms with E-state index in [-0.39, 0.29) is 17.6 Å². The highest BCUT2D eigenvalue weighted by molar-refractivity contribution is 6.21. The van der Waals surface area contributed by atoms with Gasteiger partial charge in [0.15, 0.2) is 0 Å². The van der Waals surface area contributed by atoms with Crippen LogP contribution in [0.2, 0.25) is 0 Å². The zero-order valence-corrected chi connectivity index (χ0v) is 13.7. The first-order valence-electron chi connectivity index (χ1n) is 7.42. The van der Waals surface area contributed by atoms with E-state index < -0.39 is 18.2 Å². The van der Waals surface area contributed by atoms with Crippen molar-refractivity contribution in [2.24, 2.45) is 0 Å². The predicted molar refractivity (Wildman–Crippen MR) is 86.5 cm³/mol. The summed E-state index contributed by atoms with van der Waals surface area (Å²) < 4.78 is 11.2. The highest BCUT2D eigenvalue weighted by atomic mass is 35.5. The fraction of sp³-hybridized carbons (Fsp3) is 0.588. The SMILES string of the molecule is C#CC=CCC(Cl)C1CC(OC(C)=O)C(O)C=CC(CC)O1. The van der Waals surface area contributed by atoms with Gasteiger partial charge in [-0.15, -0.1) is 18.0 Å². The van der Waals surface area contributed by atoms with Crippen molar-refractivity contribution in [2.45, 2.75) is 62.9 Å². The summed E-state index contributed by atoms with van der Waals surface area (Å²) in [4.78, 5) is 11.2. The van der Waals surface area contributed by atoms with E-state index in [2.05, 4.69) is 5.92 Å². The number of alkyl halides is 1. The van der Waals surface area contributed by atoms with Crippen molar-refractivity contribution in [2.75, 3.05) is 0 Å². The van der Waals surface area contributed by atoms with E-state index in [4.69, 9.17) is 27.5 Å². The van der Waals surface area contributed by atoms with E-state index in [0.717, 1.165) is 6.42 Å². The lowest BCUT2D eigenvalue weighted by Gasteiger charge is -2.32. The number of hydrogen-bond donors (Lipinski definition) is 1. The number of rotatable bonds is 5. The standard InChI is InChI=1S/C17H23ClO4/c1-4-6-7-8-14(18)16-11-17(21-12(3)19)15(20)10-9-13(5-2)22-16/h1,6-7,9-10,13-17,20H,5,8,11H2,2-3H3. The van der Waals surface area contributed by atoms with Crippen LogP contribution >= 0.6 is 11.6 Å². The van der Waals surface area contributed by atoms with Crippen LogP contribution in [0.5, 0.6) is 0 Å². The van der Waals surface area contributed by atoms with Crippen LogP contribution in [0.25, 0.3) is 0 Å². The number of carbonyl (C=O) groups is 1. The van der Waals surface area contributed by atoms with E-state index in [1.165, 1.54) is 6.92 Å². The van der Waals surface area contributed by atoms with Crippen molar-refractivity contribution in [1.29, 1.82) is 0 Å². The molecule has 122 valence electrons. The number of carbonyl (C=O) groups excluding carboxylic acids is 1. The number of hydrogen-bond acceptors (Lipinski definition) is 4. The van der Waals surface area contributed by atoms with Gasteiger partial charge in [0, 0.05) is 13.3 Å². The summed E-state index contributed by atoms with van der Waals surface area (Å²) in [7, 11) is 0. The molecule has 0 amide bonds. The Morgan fingerprint density at radius 1 is 1.64 bits per heavy atom. The summed E-state index contributed by atoms with van der Waals surface area (Å²) >= 11 is 6.40. The second-order valence-corrected chi connectivity index (χ2v) is 5.76. The molecule has 0 aromatic heterocycles. The third-order valence-corrected chi connectivity index (χ3v) is 3.88. The van der Waals surface area contributed by atoms with Gasteiger partial charge in [0.25, 0.3) is 0 Å². The van der Waals surface area contributed by atoms with E-state index in [0.29, 0.717) is 12.8 Å². The van der Waals surface area contributed by atoms with Crippen molar-refractivity contribution in [1.82, 2.24) is 0 Å². The number of aliphatic hydroxyl groups is 1. The first-order valence-corrected chi connectivity index (χ1v) is 7.85. The van der Waals surface area contributed by atoms with Crippen molar-refractivity contribution < 1.29 is 19.4 Å². The van der Waals surface area contributed by atoms with Crippen molar-refractivity contribution in [3.8, 4) is 12.3 Å². The van der Waals surface area contributed by atoms with Gasteiger partial charge in [-0.25, -0.2) is 0 Å². The Morgan fingerprint density at radius 2 is 2.36 bits per heavy atom. The molecule has 0 fully saturated rings. The molecule has 0 saturated carbocycles. The highest BCUT2D eigenvalue weighted by Gasteiger charge is 2.32. The smallest absolute Gasteiger partial charge is 0.303 e. The summed E-state index contributed by atoms with van der Waals surface area (Å²) in [5.41, 5.74) is 0. The Bertz CT molecular complexity index is 452. The van der Waals surface area contributed by atoms with Crippen LogP contribution in [-0.2, 0) is 14.3 Å². The molecule has 22 heavy (non-hydrogen) atoms. The van der Waals surface area contributed by atoms with Crippen LogP contribution in [0.4, 0.5) is 0 Å². The molecular formula is C17H23ClO4. The number of aliphatic hydroxyl groups excluding tert-OH is 1. The lowest BCUT2D eigenvalue weighted by atomic mass is 9.99. The summed E-state index contributed by atoms with van der Waals surface area (Å²) in [5, 5.41) is 9.82. The molecule has 1 N–H and O–H groups in total. The molecule has 0 aliphatic carbocycles. The Morgan fingerprint density at radius 3 is 2.95 bits per heavy atom. The van der Waals surface area contributed by atoms with Crippen LogP contribution in [0.1, 0.15) is 33.1 Å². The van der Waals surface area contributed by atoms with Crippen molar-refractivity contribution >= 4 is 17.6 Å². The van der Waals surface area contributed by atoms with Gasteiger partial charge in [-0.2, -0.15) is 0 Å². The first kappa shape index (κ1) is 18.8.